The van der Waals surface area contributed by atoms with Gasteiger partial charge in [0, 0.05) is 18.2 Å². The molecule has 1 aromatic carbocycles. The third-order valence-corrected chi connectivity index (χ3v) is 3.05. The van der Waals surface area contributed by atoms with E-state index >= 15 is 0 Å². The SMILES string of the molecule is COC(=O)CN(C(=O)CCc1cccc(N)c1)C(C)C. The topological polar surface area (TPSA) is 72.6 Å². The predicted molar refractivity (Wildman–Crippen MR) is 78.0 cm³/mol. The zero-order valence-corrected chi connectivity index (χ0v) is 12.3. The highest BCUT2D eigenvalue weighted by molar-refractivity contribution is 5.82. The molecule has 0 saturated carbocycles. The number of anilines is 1. The van der Waals surface area contributed by atoms with Crippen LogP contribution in [-0.2, 0) is 20.7 Å². The van der Waals surface area contributed by atoms with Gasteiger partial charge in [0.15, 0.2) is 0 Å². The van der Waals surface area contributed by atoms with Gasteiger partial charge in [-0.3, -0.25) is 9.59 Å². The molecule has 0 aromatic heterocycles. The number of hydrogen-bond donors (Lipinski definition) is 1. The minimum absolute atomic E-state index is 0.00999. The van der Waals surface area contributed by atoms with Crippen LogP contribution in [0, 0.1) is 0 Å². The van der Waals surface area contributed by atoms with Crippen molar-refractivity contribution in [2.24, 2.45) is 0 Å². The van der Waals surface area contributed by atoms with E-state index in [-0.39, 0.29) is 18.5 Å². The Morgan fingerprint density at radius 1 is 1.35 bits per heavy atom. The van der Waals surface area contributed by atoms with Gasteiger partial charge in [-0.1, -0.05) is 12.1 Å². The van der Waals surface area contributed by atoms with Gasteiger partial charge >= 0.3 is 5.97 Å². The molecular weight excluding hydrogens is 256 g/mol. The van der Waals surface area contributed by atoms with Gasteiger partial charge in [0.2, 0.25) is 5.91 Å². The molecule has 5 nitrogen and oxygen atoms in total. The van der Waals surface area contributed by atoms with Crippen LogP contribution >= 0.6 is 0 Å². The van der Waals surface area contributed by atoms with Crippen molar-refractivity contribution in [2.75, 3.05) is 19.4 Å². The smallest absolute Gasteiger partial charge is 0.325 e. The Labute approximate surface area is 119 Å². The lowest BCUT2D eigenvalue weighted by Crippen LogP contribution is -2.41. The first-order chi connectivity index (χ1) is 9.43. The number of rotatable bonds is 6. The van der Waals surface area contributed by atoms with Gasteiger partial charge in [-0.25, -0.2) is 0 Å². The van der Waals surface area contributed by atoms with Crippen molar-refractivity contribution in [3.63, 3.8) is 0 Å². The second-order valence-corrected chi connectivity index (χ2v) is 4.94. The standard InChI is InChI=1S/C15H22N2O3/c1-11(2)17(10-15(19)20-3)14(18)8-7-12-5-4-6-13(16)9-12/h4-6,9,11H,7-8,10,16H2,1-3H3. The monoisotopic (exact) mass is 278 g/mol. The van der Waals surface area contributed by atoms with Crippen molar-refractivity contribution in [3.05, 3.63) is 29.8 Å². The van der Waals surface area contributed by atoms with E-state index in [1.165, 1.54) is 12.0 Å². The molecule has 0 aliphatic heterocycles. The lowest BCUT2D eigenvalue weighted by Gasteiger charge is -2.25. The van der Waals surface area contributed by atoms with Crippen LogP contribution in [0.2, 0.25) is 0 Å². The van der Waals surface area contributed by atoms with Gasteiger partial charge in [0.1, 0.15) is 6.54 Å². The maximum atomic E-state index is 12.2. The molecule has 0 unspecified atom stereocenters. The first-order valence-electron chi connectivity index (χ1n) is 6.64. The molecule has 1 aromatic rings. The fourth-order valence-electron chi connectivity index (χ4n) is 1.91. The summed E-state index contributed by atoms with van der Waals surface area (Å²) in [5.41, 5.74) is 7.40. The molecule has 20 heavy (non-hydrogen) atoms. The molecule has 1 rings (SSSR count). The van der Waals surface area contributed by atoms with Gasteiger partial charge in [0.25, 0.3) is 0 Å². The minimum Gasteiger partial charge on any atom is -0.468 e. The Morgan fingerprint density at radius 3 is 2.60 bits per heavy atom. The number of carbonyl (C=O) groups excluding carboxylic acids is 2. The first kappa shape index (κ1) is 16.0. The molecule has 110 valence electrons. The van der Waals surface area contributed by atoms with Crippen molar-refractivity contribution in [2.45, 2.75) is 32.7 Å². The molecule has 0 spiro atoms. The van der Waals surface area contributed by atoms with E-state index < -0.39 is 5.97 Å². The molecule has 1 amide bonds. The van der Waals surface area contributed by atoms with E-state index in [2.05, 4.69) is 4.74 Å². The summed E-state index contributed by atoms with van der Waals surface area (Å²) in [6.07, 6.45) is 0.951. The predicted octanol–water partition coefficient (Wildman–Crippen LogP) is 1.61. The van der Waals surface area contributed by atoms with Gasteiger partial charge in [0.05, 0.1) is 7.11 Å². The average Bonchev–Trinajstić information content (AvgIpc) is 2.41. The van der Waals surface area contributed by atoms with Gasteiger partial charge in [-0.15, -0.1) is 0 Å². The van der Waals surface area contributed by atoms with Gasteiger partial charge in [-0.05, 0) is 38.0 Å². The molecule has 0 aliphatic carbocycles. The number of ether oxygens (including phenoxy) is 1. The normalized spacial score (nSPS) is 10.4. The van der Waals surface area contributed by atoms with Crippen LogP contribution in [0.25, 0.3) is 0 Å². The fourth-order valence-corrected chi connectivity index (χ4v) is 1.91. The molecule has 0 bridgehead atoms. The highest BCUT2D eigenvalue weighted by atomic mass is 16.5. The fraction of sp³-hybridized carbons (Fsp3) is 0.467. The third-order valence-electron chi connectivity index (χ3n) is 3.05. The van der Waals surface area contributed by atoms with Crippen molar-refractivity contribution in [1.82, 2.24) is 4.90 Å². The summed E-state index contributed by atoms with van der Waals surface area (Å²) in [4.78, 5) is 25.0. The molecule has 0 heterocycles. The van der Waals surface area contributed by atoms with Crippen molar-refractivity contribution >= 4 is 17.6 Å². The number of benzene rings is 1. The first-order valence-corrected chi connectivity index (χ1v) is 6.64. The Hall–Kier alpha value is -2.04. The lowest BCUT2D eigenvalue weighted by atomic mass is 10.1. The number of nitrogens with zero attached hydrogens (tertiary/aromatic N) is 1. The quantitative estimate of drug-likeness (QED) is 0.634. The molecule has 5 heteroatoms. The molecule has 0 atom stereocenters. The van der Waals surface area contributed by atoms with Crippen molar-refractivity contribution in [3.8, 4) is 0 Å². The molecular formula is C15H22N2O3. The summed E-state index contributed by atoms with van der Waals surface area (Å²) in [6.45, 7) is 3.74. The third kappa shape index (κ3) is 4.91. The number of hydrogen-bond acceptors (Lipinski definition) is 4. The van der Waals surface area contributed by atoms with Crippen LogP contribution < -0.4 is 5.73 Å². The van der Waals surface area contributed by atoms with Crippen LogP contribution in [-0.4, -0.2) is 36.5 Å². The molecule has 0 radical (unpaired) electrons. The van der Waals surface area contributed by atoms with E-state index in [0.29, 0.717) is 18.5 Å². The van der Waals surface area contributed by atoms with E-state index in [0.717, 1.165) is 5.56 Å². The lowest BCUT2D eigenvalue weighted by molar-refractivity contribution is -0.148. The van der Waals surface area contributed by atoms with Crippen molar-refractivity contribution in [1.29, 1.82) is 0 Å². The van der Waals surface area contributed by atoms with E-state index in [4.69, 9.17) is 5.73 Å². The van der Waals surface area contributed by atoms with Crippen LogP contribution in [0.3, 0.4) is 0 Å². The number of nitrogens with two attached hydrogens (primary N) is 1. The number of carbonyl (C=O) groups is 2. The minimum atomic E-state index is -0.406. The van der Waals surface area contributed by atoms with Crippen LogP contribution in [0.15, 0.2) is 24.3 Å². The maximum absolute atomic E-state index is 12.2. The maximum Gasteiger partial charge on any atom is 0.325 e. The molecule has 0 saturated heterocycles. The Bertz CT molecular complexity index is 472. The largest absolute Gasteiger partial charge is 0.468 e. The number of nitrogen functional groups attached to an aromatic ring is 1. The second kappa shape index (κ2) is 7.53. The van der Waals surface area contributed by atoms with Crippen LogP contribution in [0.4, 0.5) is 5.69 Å². The number of esters is 1. The molecule has 0 aliphatic rings. The number of aryl methyl sites for hydroxylation is 1. The Morgan fingerprint density at radius 2 is 2.05 bits per heavy atom. The number of methoxy groups -OCH3 is 1. The Balaban J connectivity index is 2.60. The van der Waals surface area contributed by atoms with Crippen molar-refractivity contribution < 1.29 is 14.3 Å². The number of amides is 1. The summed E-state index contributed by atoms with van der Waals surface area (Å²) in [6, 6.07) is 7.42. The highest BCUT2D eigenvalue weighted by Gasteiger charge is 2.20. The van der Waals surface area contributed by atoms with Gasteiger partial charge < -0.3 is 15.4 Å². The van der Waals surface area contributed by atoms with E-state index in [9.17, 15) is 9.59 Å². The summed E-state index contributed by atoms with van der Waals surface area (Å²) >= 11 is 0. The highest BCUT2D eigenvalue weighted by Crippen LogP contribution is 2.11. The van der Waals surface area contributed by atoms with Crippen LogP contribution in [0.5, 0.6) is 0 Å². The molecule has 0 fully saturated rings. The summed E-state index contributed by atoms with van der Waals surface area (Å²) in [5, 5.41) is 0. The zero-order valence-electron chi connectivity index (χ0n) is 12.3. The van der Waals surface area contributed by atoms with E-state index in [1.807, 2.05) is 38.1 Å². The zero-order chi connectivity index (χ0) is 15.1. The molecule has 2 N–H and O–H groups in total. The summed E-state index contributed by atoms with van der Waals surface area (Å²) in [5.74, 6) is -0.469. The van der Waals surface area contributed by atoms with Crippen LogP contribution in [0.1, 0.15) is 25.8 Å². The average molecular weight is 278 g/mol. The summed E-state index contributed by atoms with van der Waals surface area (Å²) in [7, 11) is 1.32. The van der Waals surface area contributed by atoms with E-state index in [1.54, 1.807) is 0 Å². The second-order valence-electron chi connectivity index (χ2n) is 4.94. The Kier molecular flexibility index (Phi) is 6.03. The summed E-state index contributed by atoms with van der Waals surface area (Å²) < 4.78 is 4.61. The van der Waals surface area contributed by atoms with Gasteiger partial charge in [-0.2, -0.15) is 0 Å².